The smallest absolute Gasteiger partial charge is 0.0577 e. The molecule has 2 heteroatoms. The largest absolute Gasteiger partial charge is 0.393 e. The van der Waals surface area contributed by atoms with Gasteiger partial charge < -0.3 is 10.2 Å². The maximum Gasteiger partial charge on any atom is 0.0577 e. The molecular formula is C11H16O2. The second kappa shape index (κ2) is 1.96. The average molecular weight is 180 g/mol. The monoisotopic (exact) mass is 180 g/mol. The van der Waals surface area contributed by atoms with Gasteiger partial charge in [-0.05, 0) is 54.8 Å². The Morgan fingerprint density at radius 3 is 1.54 bits per heavy atom. The van der Waals surface area contributed by atoms with E-state index >= 15 is 0 Å². The van der Waals surface area contributed by atoms with Gasteiger partial charge in [-0.2, -0.15) is 0 Å². The standard InChI is InChI=1S/C11H16O2/c12-8-2-4-5-3-9(13)11-7(5)1-6(4)10(8)11/h4-13H,1-3H2/t4-,5+,6+,7-,8-,9+,10+,11-. The summed E-state index contributed by atoms with van der Waals surface area (Å²) in [5.74, 6) is 4.07. The number of fused-ring (bicyclic) bond motifs is 2. The Balaban J connectivity index is 1.86. The zero-order valence-corrected chi connectivity index (χ0v) is 7.63. The Bertz CT molecular complexity index is 235. The highest BCUT2D eigenvalue weighted by molar-refractivity contribution is 5.17. The molecule has 4 saturated carbocycles. The third kappa shape index (κ3) is 0.608. The van der Waals surface area contributed by atoms with Gasteiger partial charge in [0.25, 0.3) is 0 Å². The van der Waals surface area contributed by atoms with Gasteiger partial charge in [-0.3, -0.25) is 0 Å². The molecule has 4 rings (SSSR count). The molecule has 0 unspecified atom stereocenters. The quantitative estimate of drug-likeness (QED) is 0.574. The maximum absolute atomic E-state index is 9.93. The van der Waals surface area contributed by atoms with Crippen LogP contribution in [0.25, 0.3) is 0 Å². The minimum Gasteiger partial charge on any atom is -0.393 e. The third-order valence-corrected chi connectivity index (χ3v) is 5.54. The van der Waals surface area contributed by atoms with E-state index in [1.807, 2.05) is 0 Å². The fraction of sp³-hybridized carbons (Fsp3) is 1.00. The van der Waals surface area contributed by atoms with Crippen molar-refractivity contribution in [3.8, 4) is 0 Å². The van der Waals surface area contributed by atoms with E-state index in [0.717, 1.165) is 36.5 Å². The summed E-state index contributed by atoms with van der Waals surface area (Å²) < 4.78 is 0. The molecule has 4 fully saturated rings. The van der Waals surface area contributed by atoms with Crippen LogP contribution in [0.15, 0.2) is 0 Å². The van der Waals surface area contributed by atoms with Crippen LogP contribution in [-0.4, -0.2) is 22.4 Å². The van der Waals surface area contributed by atoms with E-state index in [0.29, 0.717) is 11.8 Å². The van der Waals surface area contributed by atoms with Gasteiger partial charge in [0.1, 0.15) is 0 Å². The van der Waals surface area contributed by atoms with Crippen molar-refractivity contribution in [1.29, 1.82) is 0 Å². The topological polar surface area (TPSA) is 40.5 Å². The summed E-state index contributed by atoms with van der Waals surface area (Å²) in [5.41, 5.74) is 0. The first-order chi connectivity index (χ1) is 6.27. The van der Waals surface area contributed by atoms with Crippen LogP contribution in [-0.2, 0) is 0 Å². The molecule has 2 bridgehead atoms. The zero-order chi connectivity index (χ0) is 8.74. The molecule has 0 heterocycles. The highest BCUT2D eigenvalue weighted by Gasteiger charge is 2.68. The van der Waals surface area contributed by atoms with E-state index in [4.69, 9.17) is 0 Å². The lowest BCUT2D eigenvalue weighted by atomic mass is 9.79. The third-order valence-electron chi connectivity index (χ3n) is 5.54. The van der Waals surface area contributed by atoms with Gasteiger partial charge in [0.2, 0.25) is 0 Å². The van der Waals surface area contributed by atoms with Gasteiger partial charge in [-0.1, -0.05) is 0 Å². The zero-order valence-electron chi connectivity index (χ0n) is 7.63. The molecule has 0 aromatic carbocycles. The summed E-state index contributed by atoms with van der Waals surface area (Å²) in [6.07, 6.45) is 3.24. The summed E-state index contributed by atoms with van der Waals surface area (Å²) in [4.78, 5) is 0. The van der Waals surface area contributed by atoms with Gasteiger partial charge in [0, 0.05) is 0 Å². The van der Waals surface area contributed by atoms with Crippen LogP contribution in [0.1, 0.15) is 19.3 Å². The predicted octanol–water partition coefficient (Wildman–Crippen LogP) is 0.630. The van der Waals surface area contributed by atoms with E-state index in [2.05, 4.69) is 0 Å². The normalized spacial score (nSPS) is 72.5. The molecule has 0 spiro atoms. The Labute approximate surface area is 78.0 Å². The molecule has 0 saturated heterocycles. The second-order valence-electron chi connectivity index (χ2n) is 5.65. The fourth-order valence-electron chi connectivity index (χ4n) is 5.41. The van der Waals surface area contributed by atoms with Crippen molar-refractivity contribution in [2.45, 2.75) is 31.5 Å². The van der Waals surface area contributed by atoms with Crippen LogP contribution in [0.4, 0.5) is 0 Å². The first-order valence-electron chi connectivity index (χ1n) is 5.63. The Morgan fingerprint density at radius 2 is 1.08 bits per heavy atom. The molecule has 0 aliphatic heterocycles. The summed E-state index contributed by atoms with van der Waals surface area (Å²) >= 11 is 0. The van der Waals surface area contributed by atoms with Crippen LogP contribution in [0, 0.1) is 35.5 Å². The molecule has 13 heavy (non-hydrogen) atoms. The molecule has 0 radical (unpaired) electrons. The SMILES string of the molecule is O[C@@H]1C[C@@H]2[C@@H]3C[C@H](O)[C@H]4[C@@H]3C[C@@H]2[C@H]41. The van der Waals surface area contributed by atoms with E-state index < -0.39 is 0 Å². The van der Waals surface area contributed by atoms with E-state index in [-0.39, 0.29) is 12.2 Å². The van der Waals surface area contributed by atoms with Crippen LogP contribution < -0.4 is 0 Å². The van der Waals surface area contributed by atoms with Crippen LogP contribution in [0.2, 0.25) is 0 Å². The van der Waals surface area contributed by atoms with Crippen molar-refractivity contribution in [3.63, 3.8) is 0 Å². The van der Waals surface area contributed by atoms with E-state index in [1.54, 1.807) is 0 Å². The lowest BCUT2D eigenvalue weighted by Gasteiger charge is -2.27. The summed E-state index contributed by atoms with van der Waals surface area (Å²) in [5, 5.41) is 19.9. The first-order valence-corrected chi connectivity index (χ1v) is 5.63. The minimum atomic E-state index is -0.0788. The Kier molecular flexibility index (Phi) is 1.09. The predicted molar refractivity (Wildman–Crippen MR) is 46.8 cm³/mol. The van der Waals surface area contributed by atoms with Gasteiger partial charge in [0.15, 0.2) is 0 Å². The highest BCUT2D eigenvalue weighted by Crippen LogP contribution is 2.70. The number of hydrogen-bond acceptors (Lipinski definition) is 2. The van der Waals surface area contributed by atoms with Crippen molar-refractivity contribution in [1.82, 2.24) is 0 Å². The lowest BCUT2D eigenvalue weighted by Crippen LogP contribution is -2.30. The molecule has 8 atom stereocenters. The summed E-state index contributed by atoms with van der Waals surface area (Å²) in [7, 11) is 0. The van der Waals surface area contributed by atoms with Gasteiger partial charge >= 0.3 is 0 Å². The van der Waals surface area contributed by atoms with Gasteiger partial charge in [-0.25, -0.2) is 0 Å². The molecule has 4 aliphatic carbocycles. The summed E-state index contributed by atoms with van der Waals surface area (Å²) in [6, 6.07) is 0. The first kappa shape index (κ1) is 7.24. The number of rotatable bonds is 0. The van der Waals surface area contributed by atoms with E-state index in [9.17, 15) is 10.2 Å². The van der Waals surface area contributed by atoms with Gasteiger partial charge in [-0.15, -0.1) is 0 Å². The van der Waals surface area contributed by atoms with Crippen molar-refractivity contribution < 1.29 is 10.2 Å². The second-order valence-corrected chi connectivity index (χ2v) is 5.65. The van der Waals surface area contributed by atoms with Crippen molar-refractivity contribution in [3.05, 3.63) is 0 Å². The molecule has 2 N–H and O–H groups in total. The van der Waals surface area contributed by atoms with Crippen LogP contribution in [0.3, 0.4) is 0 Å². The number of aliphatic hydroxyl groups is 2. The van der Waals surface area contributed by atoms with Crippen molar-refractivity contribution in [2.24, 2.45) is 35.5 Å². The highest BCUT2D eigenvalue weighted by atomic mass is 16.3. The van der Waals surface area contributed by atoms with Crippen LogP contribution in [0.5, 0.6) is 0 Å². The molecule has 0 aromatic heterocycles. The molecular weight excluding hydrogens is 164 g/mol. The summed E-state index contributed by atoms with van der Waals surface area (Å²) in [6.45, 7) is 0. The lowest BCUT2D eigenvalue weighted by molar-refractivity contribution is 0.0365. The van der Waals surface area contributed by atoms with Gasteiger partial charge in [0.05, 0.1) is 12.2 Å². The van der Waals surface area contributed by atoms with Crippen molar-refractivity contribution >= 4 is 0 Å². The average Bonchev–Trinajstić information content (AvgIpc) is 2.67. The molecule has 0 aromatic rings. The molecule has 72 valence electrons. The molecule has 2 nitrogen and oxygen atoms in total. The number of aliphatic hydroxyl groups excluding tert-OH is 2. The Hall–Kier alpha value is -0.0800. The Morgan fingerprint density at radius 1 is 0.615 bits per heavy atom. The molecule has 0 amide bonds. The van der Waals surface area contributed by atoms with Crippen LogP contribution >= 0.6 is 0 Å². The van der Waals surface area contributed by atoms with E-state index in [1.165, 1.54) is 6.42 Å². The molecule has 4 aliphatic rings. The maximum atomic E-state index is 9.93. The van der Waals surface area contributed by atoms with Crippen molar-refractivity contribution in [2.75, 3.05) is 0 Å². The fourth-order valence-corrected chi connectivity index (χ4v) is 5.41. The minimum absolute atomic E-state index is 0.0788. The number of hydrogen-bond donors (Lipinski definition) is 2.